The Morgan fingerprint density at radius 1 is 1.55 bits per heavy atom. The molecule has 0 aromatic carbocycles. The number of amides is 1. The molecule has 0 unspecified atom stereocenters. The number of hydrogen-bond acceptors (Lipinski definition) is 5. The van der Waals surface area contributed by atoms with Crippen LogP contribution in [0.25, 0.3) is 0 Å². The van der Waals surface area contributed by atoms with Gasteiger partial charge >= 0.3 is 0 Å². The van der Waals surface area contributed by atoms with Crippen LogP contribution in [-0.4, -0.2) is 42.1 Å². The highest BCUT2D eigenvalue weighted by atomic mass is 16.5. The van der Waals surface area contributed by atoms with Crippen molar-refractivity contribution in [2.24, 2.45) is 5.92 Å². The molecule has 2 heterocycles. The summed E-state index contributed by atoms with van der Waals surface area (Å²) in [5.74, 6) is 1.35. The van der Waals surface area contributed by atoms with Crippen LogP contribution in [0.5, 0.6) is 5.88 Å². The predicted octanol–water partition coefficient (Wildman–Crippen LogP) is 1.92. The van der Waals surface area contributed by atoms with E-state index in [0.717, 1.165) is 31.5 Å². The first-order chi connectivity index (χ1) is 10.5. The van der Waals surface area contributed by atoms with Gasteiger partial charge in [0.25, 0.3) is 0 Å². The average molecular weight is 306 g/mol. The summed E-state index contributed by atoms with van der Waals surface area (Å²) >= 11 is 0. The molecule has 0 saturated carbocycles. The van der Waals surface area contributed by atoms with E-state index < -0.39 is 0 Å². The Labute approximate surface area is 132 Å². The monoisotopic (exact) mass is 306 g/mol. The van der Waals surface area contributed by atoms with Gasteiger partial charge in [0.2, 0.25) is 17.7 Å². The first-order valence-corrected chi connectivity index (χ1v) is 7.98. The molecule has 1 fully saturated rings. The lowest BCUT2D eigenvalue weighted by molar-refractivity contribution is -0.125. The Bertz CT molecular complexity index is 521. The highest BCUT2D eigenvalue weighted by molar-refractivity contribution is 5.79. The van der Waals surface area contributed by atoms with Gasteiger partial charge in [-0.15, -0.1) is 0 Å². The van der Waals surface area contributed by atoms with Crippen molar-refractivity contribution in [3.8, 4) is 5.88 Å². The van der Waals surface area contributed by atoms with E-state index in [4.69, 9.17) is 4.74 Å². The lowest BCUT2D eigenvalue weighted by Gasteiger charge is -2.32. The first kappa shape index (κ1) is 16.5. The molecule has 6 nitrogen and oxygen atoms in total. The van der Waals surface area contributed by atoms with E-state index >= 15 is 0 Å². The van der Waals surface area contributed by atoms with Crippen LogP contribution in [0.3, 0.4) is 0 Å². The van der Waals surface area contributed by atoms with E-state index in [1.54, 1.807) is 13.2 Å². The van der Waals surface area contributed by atoms with Crippen LogP contribution in [0.1, 0.15) is 38.8 Å². The summed E-state index contributed by atoms with van der Waals surface area (Å²) in [6.45, 7) is 7.57. The third-order valence-electron chi connectivity index (χ3n) is 4.10. The maximum absolute atomic E-state index is 12.3. The summed E-state index contributed by atoms with van der Waals surface area (Å²) in [4.78, 5) is 23.3. The van der Waals surface area contributed by atoms with Gasteiger partial charge in [0, 0.05) is 30.9 Å². The molecule has 2 rings (SSSR count). The fourth-order valence-corrected chi connectivity index (χ4v) is 2.61. The molecule has 0 aliphatic carbocycles. The molecule has 1 aromatic heterocycles. The second kappa shape index (κ2) is 7.42. The Morgan fingerprint density at radius 2 is 2.32 bits per heavy atom. The number of nitrogens with one attached hydrogen (secondary N) is 1. The highest BCUT2D eigenvalue weighted by Crippen LogP contribution is 2.22. The number of nitrogens with zero attached hydrogens (tertiary/aromatic N) is 3. The molecule has 1 N–H and O–H groups in total. The maximum atomic E-state index is 12.3. The largest absolute Gasteiger partial charge is 0.481 e. The van der Waals surface area contributed by atoms with Gasteiger partial charge in [-0.25, -0.2) is 4.98 Å². The van der Waals surface area contributed by atoms with Crippen LogP contribution in [0.2, 0.25) is 0 Å². The number of aromatic nitrogens is 2. The highest BCUT2D eigenvalue weighted by Gasteiger charge is 2.28. The summed E-state index contributed by atoms with van der Waals surface area (Å²) < 4.78 is 5.21. The van der Waals surface area contributed by atoms with Gasteiger partial charge in [0.1, 0.15) is 0 Å². The second-order valence-electron chi connectivity index (χ2n) is 5.95. The molecule has 2 atom stereocenters. The molecular weight excluding hydrogens is 280 g/mol. The van der Waals surface area contributed by atoms with Gasteiger partial charge in [-0.2, -0.15) is 4.98 Å². The molecular formula is C16H26N4O2. The minimum Gasteiger partial charge on any atom is -0.481 e. The van der Waals surface area contributed by atoms with Gasteiger partial charge in [0.05, 0.1) is 13.0 Å². The van der Waals surface area contributed by atoms with Crippen molar-refractivity contribution in [3.63, 3.8) is 0 Å². The normalized spacial score (nSPS) is 19.6. The molecule has 1 aromatic rings. The summed E-state index contributed by atoms with van der Waals surface area (Å²) in [5.41, 5.74) is 0.869. The third-order valence-corrected chi connectivity index (χ3v) is 4.10. The van der Waals surface area contributed by atoms with Crippen LogP contribution in [0, 0.1) is 12.8 Å². The number of hydrogen-bond donors (Lipinski definition) is 1. The van der Waals surface area contributed by atoms with E-state index in [9.17, 15) is 4.79 Å². The van der Waals surface area contributed by atoms with Crippen LogP contribution in [-0.2, 0) is 4.79 Å². The average Bonchev–Trinajstić information content (AvgIpc) is 2.54. The minimum atomic E-state index is -0.00198. The molecule has 0 radical (unpaired) electrons. The van der Waals surface area contributed by atoms with Crippen molar-refractivity contribution >= 4 is 11.9 Å². The van der Waals surface area contributed by atoms with Gasteiger partial charge in [-0.1, -0.05) is 6.92 Å². The summed E-state index contributed by atoms with van der Waals surface area (Å²) in [6, 6.07) is 2.03. The second-order valence-corrected chi connectivity index (χ2v) is 5.95. The maximum Gasteiger partial charge on any atom is 0.228 e. The molecule has 1 amide bonds. The number of anilines is 1. The van der Waals surface area contributed by atoms with Crippen LogP contribution in [0.15, 0.2) is 6.07 Å². The zero-order valence-corrected chi connectivity index (χ0v) is 13.9. The number of aryl methyl sites for hydroxylation is 1. The zero-order chi connectivity index (χ0) is 16.1. The van der Waals surface area contributed by atoms with Crippen molar-refractivity contribution < 1.29 is 9.53 Å². The van der Waals surface area contributed by atoms with Gasteiger partial charge in [0.15, 0.2) is 0 Å². The van der Waals surface area contributed by atoms with Crippen molar-refractivity contribution in [1.82, 2.24) is 15.3 Å². The van der Waals surface area contributed by atoms with Crippen molar-refractivity contribution in [1.29, 1.82) is 0 Å². The molecule has 1 aliphatic heterocycles. The number of piperidine rings is 1. The van der Waals surface area contributed by atoms with Gasteiger partial charge in [-0.3, -0.25) is 4.79 Å². The molecule has 122 valence electrons. The van der Waals surface area contributed by atoms with Crippen LogP contribution < -0.4 is 15.0 Å². The zero-order valence-electron chi connectivity index (χ0n) is 13.9. The lowest BCUT2D eigenvalue weighted by Crippen LogP contribution is -2.45. The third kappa shape index (κ3) is 4.08. The standard InChI is InChI=1S/C16H26N4O2/c1-5-11(2)17-15(21)13-7-6-8-20(10-13)16-18-12(3)9-14(19-16)22-4/h9,11,13H,5-8,10H2,1-4H3,(H,17,21)/t11-,13+/m0/s1. The number of ether oxygens (including phenoxy) is 1. The molecule has 6 heteroatoms. The Morgan fingerprint density at radius 3 is 3.00 bits per heavy atom. The number of carbonyl (C=O) groups is 1. The Kier molecular flexibility index (Phi) is 5.57. The SMILES string of the molecule is CC[C@H](C)NC(=O)[C@@H]1CCCN(c2nc(C)cc(OC)n2)C1. The molecule has 0 bridgehead atoms. The number of carbonyl (C=O) groups excluding carboxylic acids is 1. The van der Waals surface area contributed by atoms with Gasteiger partial charge < -0.3 is 15.0 Å². The number of rotatable bonds is 5. The van der Waals surface area contributed by atoms with E-state index in [1.807, 2.05) is 13.8 Å². The number of methoxy groups -OCH3 is 1. The topological polar surface area (TPSA) is 67.4 Å². The van der Waals surface area contributed by atoms with Gasteiger partial charge in [-0.05, 0) is 33.1 Å². The van der Waals surface area contributed by atoms with Crippen LogP contribution in [0.4, 0.5) is 5.95 Å². The molecule has 22 heavy (non-hydrogen) atoms. The smallest absolute Gasteiger partial charge is 0.228 e. The van der Waals surface area contributed by atoms with E-state index in [2.05, 4.69) is 27.1 Å². The predicted molar refractivity (Wildman–Crippen MR) is 86.2 cm³/mol. The van der Waals surface area contributed by atoms with Crippen molar-refractivity contribution in [2.45, 2.75) is 46.1 Å². The Hall–Kier alpha value is -1.85. The quantitative estimate of drug-likeness (QED) is 0.900. The van der Waals surface area contributed by atoms with Crippen LogP contribution >= 0.6 is 0 Å². The minimum absolute atomic E-state index is 0.00198. The lowest BCUT2D eigenvalue weighted by atomic mass is 9.97. The fourth-order valence-electron chi connectivity index (χ4n) is 2.61. The fraction of sp³-hybridized carbons (Fsp3) is 0.688. The summed E-state index contributed by atoms with van der Waals surface area (Å²) in [7, 11) is 1.60. The summed E-state index contributed by atoms with van der Waals surface area (Å²) in [6.07, 6.45) is 2.83. The molecule has 0 spiro atoms. The van der Waals surface area contributed by atoms with E-state index in [-0.39, 0.29) is 17.9 Å². The van der Waals surface area contributed by atoms with E-state index in [0.29, 0.717) is 18.4 Å². The van der Waals surface area contributed by atoms with Crippen molar-refractivity contribution in [3.05, 3.63) is 11.8 Å². The summed E-state index contributed by atoms with van der Waals surface area (Å²) in [5, 5.41) is 3.07. The van der Waals surface area contributed by atoms with E-state index in [1.165, 1.54) is 0 Å². The first-order valence-electron chi connectivity index (χ1n) is 7.98. The Balaban J connectivity index is 2.07. The molecule has 1 saturated heterocycles. The molecule has 1 aliphatic rings. The van der Waals surface area contributed by atoms with Crippen molar-refractivity contribution in [2.75, 3.05) is 25.1 Å².